The number of para-hydroxylation sites is 1. The van der Waals surface area contributed by atoms with Crippen molar-refractivity contribution in [2.45, 2.75) is 19.0 Å². The maximum atomic E-state index is 13.9. The van der Waals surface area contributed by atoms with Crippen LogP contribution in [0.3, 0.4) is 0 Å². The summed E-state index contributed by atoms with van der Waals surface area (Å²) in [5.74, 6) is 1.23. The summed E-state index contributed by atoms with van der Waals surface area (Å²) in [6.45, 7) is 1.08. The lowest BCUT2D eigenvalue weighted by Gasteiger charge is -2.26. The standard InChI is InChI=1S/C17H18FNO2/c1-20-15-7-6-13(16(18)9-15)10-19-14-8-12-4-2-3-5-17(12)21-11-14/h2-7,9,14,19H,8,10-11H2,1H3. The van der Waals surface area contributed by atoms with Crippen LogP contribution in [0, 0.1) is 5.82 Å². The van der Waals surface area contributed by atoms with Crippen molar-refractivity contribution in [3.8, 4) is 11.5 Å². The fraction of sp³-hybridized carbons (Fsp3) is 0.294. The Morgan fingerprint density at radius 3 is 2.95 bits per heavy atom. The van der Waals surface area contributed by atoms with E-state index in [9.17, 15) is 4.39 Å². The molecule has 1 heterocycles. The van der Waals surface area contributed by atoms with E-state index in [1.54, 1.807) is 12.1 Å². The highest BCUT2D eigenvalue weighted by atomic mass is 19.1. The van der Waals surface area contributed by atoms with E-state index in [0.717, 1.165) is 12.2 Å². The van der Waals surface area contributed by atoms with Gasteiger partial charge in [0.1, 0.15) is 23.9 Å². The minimum absolute atomic E-state index is 0.196. The second kappa shape index (κ2) is 6.14. The maximum absolute atomic E-state index is 13.9. The molecule has 1 unspecified atom stereocenters. The SMILES string of the molecule is COc1ccc(CNC2COc3ccccc3C2)c(F)c1. The van der Waals surface area contributed by atoms with E-state index in [1.807, 2.05) is 18.2 Å². The lowest BCUT2D eigenvalue weighted by atomic mass is 10.0. The summed E-state index contributed by atoms with van der Waals surface area (Å²) in [5, 5.41) is 3.35. The van der Waals surface area contributed by atoms with Gasteiger partial charge in [-0.3, -0.25) is 0 Å². The molecule has 2 aromatic carbocycles. The van der Waals surface area contributed by atoms with Crippen LogP contribution in [0.5, 0.6) is 11.5 Å². The molecular formula is C17H18FNO2. The van der Waals surface area contributed by atoms with Crippen LogP contribution in [0.4, 0.5) is 4.39 Å². The van der Waals surface area contributed by atoms with E-state index in [-0.39, 0.29) is 11.9 Å². The molecule has 2 aromatic rings. The lowest BCUT2D eigenvalue weighted by molar-refractivity contribution is 0.237. The van der Waals surface area contributed by atoms with Crippen molar-refractivity contribution < 1.29 is 13.9 Å². The predicted octanol–water partition coefficient (Wildman–Crippen LogP) is 2.93. The molecule has 0 aromatic heterocycles. The molecule has 0 spiro atoms. The number of benzene rings is 2. The van der Waals surface area contributed by atoms with Gasteiger partial charge in [-0.05, 0) is 24.1 Å². The minimum atomic E-state index is -0.251. The molecule has 0 aliphatic carbocycles. The third-order valence-electron chi connectivity index (χ3n) is 3.72. The molecule has 0 fully saturated rings. The molecule has 1 atom stereocenters. The van der Waals surface area contributed by atoms with Crippen LogP contribution >= 0.6 is 0 Å². The van der Waals surface area contributed by atoms with Gasteiger partial charge in [-0.15, -0.1) is 0 Å². The van der Waals surface area contributed by atoms with Crippen LogP contribution in [0.25, 0.3) is 0 Å². The molecule has 4 heteroatoms. The molecule has 1 aliphatic heterocycles. The van der Waals surface area contributed by atoms with Gasteiger partial charge in [0.15, 0.2) is 0 Å². The van der Waals surface area contributed by atoms with Crippen LogP contribution in [-0.4, -0.2) is 19.8 Å². The fourth-order valence-corrected chi connectivity index (χ4v) is 2.51. The number of methoxy groups -OCH3 is 1. The summed E-state index contributed by atoms with van der Waals surface area (Å²) in [5.41, 5.74) is 1.83. The van der Waals surface area contributed by atoms with Crippen LogP contribution in [0.1, 0.15) is 11.1 Å². The second-order valence-corrected chi connectivity index (χ2v) is 5.16. The number of hydrogen-bond acceptors (Lipinski definition) is 3. The maximum Gasteiger partial charge on any atom is 0.131 e. The minimum Gasteiger partial charge on any atom is -0.497 e. The Hall–Kier alpha value is -2.07. The molecule has 1 aliphatic rings. The van der Waals surface area contributed by atoms with Gasteiger partial charge < -0.3 is 14.8 Å². The number of fused-ring (bicyclic) bond motifs is 1. The Balaban J connectivity index is 1.61. The average Bonchev–Trinajstić information content (AvgIpc) is 2.53. The van der Waals surface area contributed by atoms with Crippen LogP contribution in [0.2, 0.25) is 0 Å². The molecule has 110 valence electrons. The first-order valence-electron chi connectivity index (χ1n) is 7.03. The molecular weight excluding hydrogens is 269 g/mol. The third kappa shape index (κ3) is 3.16. The van der Waals surface area contributed by atoms with E-state index in [1.165, 1.54) is 18.7 Å². The number of halogens is 1. The molecule has 0 amide bonds. The van der Waals surface area contributed by atoms with Crippen molar-refractivity contribution in [2.75, 3.05) is 13.7 Å². The Morgan fingerprint density at radius 1 is 1.29 bits per heavy atom. The zero-order valence-electron chi connectivity index (χ0n) is 11.9. The second-order valence-electron chi connectivity index (χ2n) is 5.16. The van der Waals surface area contributed by atoms with Crippen LogP contribution in [0.15, 0.2) is 42.5 Å². The average molecular weight is 287 g/mol. The van der Waals surface area contributed by atoms with E-state index >= 15 is 0 Å². The summed E-state index contributed by atoms with van der Waals surface area (Å²) >= 11 is 0. The number of rotatable bonds is 4. The highest BCUT2D eigenvalue weighted by Gasteiger charge is 2.19. The first-order valence-corrected chi connectivity index (χ1v) is 7.03. The molecule has 0 saturated heterocycles. The lowest BCUT2D eigenvalue weighted by Crippen LogP contribution is -2.39. The normalized spacial score (nSPS) is 17.0. The Kier molecular flexibility index (Phi) is 4.06. The van der Waals surface area contributed by atoms with Gasteiger partial charge in [0.25, 0.3) is 0 Å². The van der Waals surface area contributed by atoms with E-state index in [4.69, 9.17) is 9.47 Å². The van der Waals surface area contributed by atoms with E-state index < -0.39 is 0 Å². The molecule has 21 heavy (non-hydrogen) atoms. The summed E-state index contributed by atoms with van der Waals surface area (Å²) in [4.78, 5) is 0. The van der Waals surface area contributed by atoms with Crippen molar-refractivity contribution in [1.82, 2.24) is 5.32 Å². The van der Waals surface area contributed by atoms with Crippen molar-refractivity contribution >= 4 is 0 Å². The Labute approximate surface area is 123 Å². The summed E-state index contributed by atoms with van der Waals surface area (Å²) in [7, 11) is 1.53. The monoisotopic (exact) mass is 287 g/mol. The van der Waals surface area contributed by atoms with Gasteiger partial charge in [-0.1, -0.05) is 24.3 Å². The molecule has 0 saturated carbocycles. The largest absolute Gasteiger partial charge is 0.497 e. The predicted molar refractivity (Wildman–Crippen MR) is 79.2 cm³/mol. The van der Waals surface area contributed by atoms with Gasteiger partial charge in [0.2, 0.25) is 0 Å². The van der Waals surface area contributed by atoms with E-state index in [0.29, 0.717) is 24.5 Å². The summed E-state index contributed by atoms with van der Waals surface area (Å²) in [6.07, 6.45) is 0.897. The number of hydrogen-bond donors (Lipinski definition) is 1. The van der Waals surface area contributed by atoms with Gasteiger partial charge in [0, 0.05) is 24.2 Å². The van der Waals surface area contributed by atoms with Crippen molar-refractivity contribution in [1.29, 1.82) is 0 Å². The summed E-state index contributed by atoms with van der Waals surface area (Å²) < 4.78 is 24.6. The van der Waals surface area contributed by atoms with Gasteiger partial charge in [-0.2, -0.15) is 0 Å². The smallest absolute Gasteiger partial charge is 0.131 e. The molecule has 3 rings (SSSR count). The van der Waals surface area contributed by atoms with Gasteiger partial charge >= 0.3 is 0 Å². The highest BCUT2D eigenvalue weighted by molar-refractivity contribution is 5.35. The third-order valence-corrected chi connectivity index (χ3v) is 3.72. The van der Waals surface area contributed by atoms with Crippen molar-refractivity contribution in [3.05, 3.63) is 59.4 Å². The van der Waals surface area contributed by atoms with E-state index in [2.05, 4.69) is 11.4 Å². The molecule has 3 nitrogen and oxygen atoms in total. The Morgan fingerprint density at radius 2 is 2.14 bits per heavy atom. The topological polar surface area (TPSA) is 30.5 Å². The van der Waals surface area contributed by atoms with Crippen molar-refractivity contribution in [2.24, 2.45) is 0 Å². The van der Waals surface area contributed by atoms with Crippen molar-refractivity contribution in [3.63, 3.8) is 0 Å². The number of nitrogens with one attached hydrogen (secondary N) is 1. The molecule has 0 bridgehead atoms. The quantitative estimate of drug-likeness (QED) is 0.938. The Bertz CT molecular complexity index is 630. The van der Waals surface area contributed by atoms with Gasteiger partial charge in [0.05, 0.1) is 7.11 Å². The molecule has 0 radical (unpaired) electrons. The zero-order valence-corrected chi connectivity index (χ0v) is 11.9. The van der Waals surface area contributed by atoms with Crippen LogP contribution < -0.4 is 14.8 Å². The first-order chi connectivity index (χ1) is 10.3. The highest BCUT2D eigenvalue weighted by Crippen LogP contribution is 2.24. The summed E-state index contributed by atoms with van der Waals surface area (Å²) in [6, 6.07) is 13.1. The fourth-order valence-electron chi connectivity index (χ4n) is 2.51. The van der Waals surface area contributed by atoms with Crippen LogP contribution in [-0.2, 0) is 13.0 Å². The first kappa shape index (κ1) is 13.9. The molecule has 1 N–H and O–H groups in total. The van der Waals surface area contributed by atoms with Gasteiger partial charge in [-0.25, -0.2) is 4.39 Å². The zero-order chi connectivity index (χ0) is 14.7. The number of ether oxygens (including phenoxy) is 2.